The van der Waals surface area contributed by atoms with Gasteiger partial charge in [0.15, 0.2) is 0 Å². The molecule has 0 amide bonds. The standard InChI is InChI=1S/C9H15NOS/c1-9(2,5-6-11-10)8-4-3-7-12-8/h3-4,7H,5-6,10H2,1-2H3. The number of hydrogen-bond donors (Lipinski definition) is 1. The van der Waals surface area contributed by atoms with Crippen LogP contribution in [-0.2, 0) is 10.3 Å². The van der Waals surface area contributed by atoms with E-state index in [1.54, 1.807) is 11.3 Å². The fraction of sp³-hybridized carbons (Fsp3) is 0.556. The minimum atomic E-state index is 0.188. The van der Waals surface area contributed by atoms with Crippen LogP contribution in [0.1, 0.15) is 25.1 Å². The van der Waals surface area contributed by atoms with Crippen molar-refractivity contribution in [3.8, 4) is 0 Å². The number of thiophene rings is 1. The van der Waals surface area contributed by atoms with Crippen LogP contribution < -0.4 is 5.90 Å². The summed E-state index contributed by atoms with van der Waals surface area (Å²) in [6.45, 7) is 5.03. The molecule has 0 fully saturated rings. The summed E-state index contributed by atoms with van der Waals surface area (Å²) in [7, 11) is 0. The molecule has 12 heavy (non-hydrogen) atoms. The Morgan fingerprint density at radius 1 is 1.58 bits per heavy atom. The quantitative estimate of drug-likeness (QED) is 0.730. The molecule has 2 N–H and O–H groups in total. The van der Waals surface area contributed by atoms with Crippen LogP contribution >= 0.6 is 11.3 Å². The Bertz CT molecular complexity index is 218. The normalized spacial score (nSPS) is 11.9. The van der Waals surface area contributed by atoms with Gasteiger partial charge in [-0.25, -0.2) is 5.90 Å². The van der Waals surface area contributed by atoms with Gasteiger partial charge in [-0.15, -0.1) is 11.3 Å². The zero-order valence-corrected chi connectivity index (χ0v) is 8.36. The van der Waals surface area contributed by atoms with E-state index < -0.39 is 0 Å². The minimum absolute atomic E-state index is 0.188. The Hall–Kier alpha value is -0.380. The van der Waals surface area contributed by atoms with E-state index in [1.165, 1.54) is 4.88 Å². The maximum absolute atomic E-state index is 4.99. The monoisotopic (exact) mass is 185 g/mol. The highest BCUT2D eigenvalue weighted by Gasteiger charge is 2.20. The van der Waals surface area contributed by atoms with E-state index in [0.29, 0.717) is 6.61 Å². The lowest BCUT2D eigenvalue weighted by molar-refractivity contribution is 0.121. The third kappa shape index (κ3) is 2.30. The summed E-state index contributed by atoms with van der Waals surface area (Å²) in [6.07, 6.45) is 0.962. The Kier molecular flexibility index (Phi) is 3.26. The minimum Gasteiger partial charge on any atom is -0.305 e. The molecule has 0 radical (unpaired) electrons. The first-order valence-corrected chi connectivity index (χ1v) is 4.90. The van der Waals surface area contributed by atoms with Gasteiger partial charge < -0.3 is 4.84 Å². The van der Waals surface area contributed by atoms with Crippen LogP contribution in [0.15, 0.2) is 17.5 Å². The van der Waals surface area contributed by atoms with Crippen molar-refractivity contribution >= 4 is 11.3 Å². The van der Waals surface area contributed by atoms with Crippen molar-refractivity contribution in [2.24, 2.45) is 5.90 Å². The average Bonchev–Trinajstić information content (AvgIpc) is 2.53. The van der Waals surface area contributed by atoms with E-state index in [-0.39, 0.29) is 5.41 Å². The van der Waals surface area contributed by atoms with Gasteiger partial charge in [-0.1, -0.05) is 19.9 Å². The molecule has 0 saturated carbocycles. The van der Waals surface area contributed by atoms with Crippen LogP contribution in [0.2, 0.25) is 0 Å². The van der Waals surface area contributed by atoms with Crippen molar-refractivity contribution in [1.29, 1.82) is 0 Å². The molecule has 0 unspecified atom stereocenters. The first kappa shape index (κ1) is 9.71. The number of rotatable bonds is 4. The van der Waals surface area contributed by atoms with Crippen LogP contribution in [0.4, 0.5) is 0 Å². The molecule has 1 heterocycles. The topological polar surface area (TPSA) is 35.2 Å². The number of hydrogen-bond acceptors (Lipinski definition) is 3. The predicted molar refractivity (Wildman–Crippen MR) is 52.1 cm³/mol. The molecule has 1 aromatic heterocycles. The zero-order valence-electron chi connectivity index (χ0n) is 7.54. The molecule has 2 nitrogen and oxygen atoms in total. The largest absolute Gasteiger partial charge is 0.305 e. The van der Waals surface area contributed by atoms with Gasteiger partial charge >= 0.3 is 0 Å². The SMILES string of the molecule is CC(C)(CCON)c1cccs1. The van der Waals surface area contributed by atoms with Crippen molar-refractivity contribution in [3.63, 3.8) is 0 Å². The molecule has 68 valence electrons. The van der Waals surface area contributed by atoms with E-state index in [2.05, 4.69) is 36.2 Å². The number of nitrogens with two attached hydrogens (primary N) is 1. The summed E-state index contributed by atoms with van der Waals surface area (Å²) in [5.41, 5.74) is 0.188. The molecule has 0 saturated heterocycles. The van der Waals surface area contributed by atoms with Gasteiger partial charge in [0.25, 0.3) is 0 Å². The fourth-order valence-corrected chi connectivity index (χ4v) is 1.98. The molecule has 1 aromatic rings. The van der Waals surface area contributed by atoms with Gasteiger partial charge in [0.2, 0.25) is 0 Å². The summed E-state index contributed by atoms with van der Waals surface area (Å²) in [5.74, 6) is 4.99. The van der Waals surface area contributed by atoms with Crippen LogP contribution in [0.25, 0.3) is 0 Å². The van der Waals surface area contributed by atoms with Gasteiger partial charge in [0.05, 0.1) is 6.61 Å². The van der Waals surface area contributed by atoms with E-state index in [0.717, 1.165) is 6.42 Å². The molecule has 0 bridgehead atoms. The summed E-state index contributed by atoms with van der Waals surface area (Å²) in [5, 5.41) is 2.10. The van der Waals surface area contributed by atoms with Crippen molar-refractivity contribution in [2.45, 2.75) is 25.7 Å². The Morgan fingerprint density at radius 2 is 2.33 bits per heavy atom. The van der Waals surface area contributed by atoms with Gasteiger partial charge in [-0.3, -0.25) is 0 Å². The lowest BCUT2D eigenvalue weighted by atomic mass is 9.88. The Balaban J connectivity index is 2.59. The van der Waals surface area contributed by atoms with Crippen molar-refractivity contribution in [3.05, 3.63) is 22.4 Å². The van der Waals surface area contributed by atoms with Crippen molar-refractivity contribution in [2.75, 3.05) is 6.61 Å². The second kappa shape index (κ2) is 4.03. The molecule has 0 atom stereocenters. The molecule has 0 spiro atoms. The first-order chi connectivity index (χ1) is 5.67. The van der Waals surface area contributed by atoms with Crippen LogP contribution in [-0.4, -0.2) is 6.61 Å². The molecule has 0 aliphatic carbocycles. The summed E-state index contributed by atoms with van der Waals surface area (Å²) in [4.78, 5) is 5.97. The molecule has 1 rings (SSSR count). The fourth-order valence-electron chi connectivity index (χ4n) is 1.10. The summed E-state index contributed by atoms with van der Waals surface area (Å²) < 4.78 is 0. The highest BCUT2D eigenvalue weighted by molar-refractivity contribution is 7.10. The van der Waals surface area contributed by atoms with E-state index in [9.17, 15) is 0 Å². The van der Waals surface area contributed by atoms with Gasteiger partial charge in [0, 0.05) is 10.3 Å². The van der Waals surface area contributed by atoms with E-state index in [4.69, 9.17) is 5.90 Å². The maximum Gasteiger partial charge on any atom is 0.0687 e. The van der Waals surface area contributed by atoms with Crippen LogP contribution in [0.3, 0.4) is 0 Å². The highest BCUT2D eigenvalue weighted by atomic mass is 32.1. The molecule has 0 aromatic carbocycles. The molecule has 0 aliphatic heterocycles. The second-order valence-electron chi connectivity index (χ2n) is 3.48. The third-order valence-corrected chi connectivity index (χ3v) is 3.27. The smallest absolute Gasteiger partial charge is 0.0687 e. The van der Waals surface area contributed by atoms with Crippen molar-refractivity contribution < 1.29 is 4.84 Å². The van der Waals surface area contributed by atoms with Crippen molar-refractivity contribution in [1.82, 2.24) is 0 Å². The first-order valence-electron chi connectivity index (χ1n) is 4.02. The molecular formula is C9H15NOS. The van der Waals surface area contributed by atoms with Gasteiger partial charge in [-0.05, 0) is 17.9 Å². The average molecular weight is 185 g/mol. The molecule has 3 heteroatoms. The highest BCUT2D eigenvalue weighted by Crippen LogP contribution is 2.30. The van der Waals surface area contributed by atoms with E-state index >= 15 is 0 Å². The maximum atomic E-state index is 4.99. The lowest BCUT2D eigenvalue weighted by Gasteiger charge is -2.22. The second-order valence-corrected chi connectivity index (χ2v) is 4.43. The zero-order chi connectivity index (χ0) is 9.03. The molecule has 0 aliphatic rings. The molecular weight excluding hydrogens is 170 g/mol. The third-order valence-electron chi connectivity index (χ3n) is 2.03. The Labute approximate surface area is 77.3 Å². The predicted octanol–water partition coefficient (Wildman–Crippen LogP) is 2.31. The summed E-state index contributed by atoms with van der Waals surface area (Å²) in [6, 6.07) is 4.23. The van der Waals surface area contributed by atoms with Crippen LogP contribution in [0, 0.1) is 0 Å². The van der Waals surface area contributed by atoms with Gasteiger partial charge in [0.1, 0.15) is 0 Å². The Morgan fingerprint density at radius 3 is 2.83 bits per heavy atom. The van der Waals surface area contributed by atoms with Crippen LogP contribution in [0.5, 0.6) is 0 Å². The summed E-state index contributed by atoms with van der Waals surface area (Å²) >= 11 is 1.78. The van der Waals surface area contributed by atoms with E-state index in [1.807, 2.05) is 0 Å². The van der Waals surface area contributed by atoms with Gasteiger partial charge in [-0.2, -0.15) is 0 Å². The lowest BCUT2D eigenvalue weighted by Crippen LogP contribution is -2.19.